The van der Waals surface area contributed by atoms with Crippen LogP contribution in [-0.2, 0) is 0 Å². The van der Waals surface area contributed by atoms with Gasteiger partial charge in [0.2, 0.25) is 0 Å². The third-order valence-electron chi connectivity index (χ3n) is 5.61. The van der Waals surface area contributed by atoms with Gasteiger partial charge in [0.05, 0.1) is 0 Å². The second-order valence-corrected chi connectivity index (χ2v) is 7.84. The Morgan fingerprint density at radius 2 is 1.89 bits per heavy atom. The third-order valence-corrected chi connectivity index (χ3v) is 5.61. The van der Waals surface area contributed by atoms with Crippen LogP contribution in [0.2, 0.25) is 0 Å². The van der Waals surface area contributed by atoms with E-state index in [1.54, 1.807) is 0 Å². The Kier molecular flexibility index (Phi) is 6.87. The maximum absolute atomic E-state index is 2.45. The molecule has 1 aromatic carbocycles. The average molecular weight is 369 g/mol. The number of rotatable bonds is 3. The van der Waals surface area contributed by atoms with Gasteiger partial charge >= 0.3 is 0 Å². The summed E-state index contributed by atoms with van der Waals surface area (Å²) >= 11 is 0. The Morgan fingerprint density at radius 3 is 2.71 bits per heavy atom. The van der Waals surface area contributed by atoms with Crippen LogP contribution in [0.3, 0.4) is 0 Å². The van der Waals surface area contributed by atoms with Crippen molar-refractivity contribution in [2.24, 2.45) is 5.92 Å². The molecule has 2 unspecified atom stereocenters. The second kappa shape index (κ2) is 9.55. The first kappa shape index (κ1) is 20.1. The fraction of sp³-hybridized carbons (Fsp3) is 0.286. The summed E-state index contributed by atoms with van der Waals surface area (Å²) in [7, 11) is 0. The van der Waals surface area contributed by atoms with E-state index in [0.717, 1.165) is 12.8 Å². The lowest BCUT2D eigenvalue weighted by atomic mass is 9.83. The van der Waals surface area contributed by atoms with Gasteiger partial charge in [-0.15, -0.1) is 0 Å². The van der Waals surface area contributed by atoms with Crippen molar-refractivity contribution in [3.05, 3.63) is 113 Å². The molecule has 0 heteroatoms. The van der Waals surface area contributed by atoms with Crippen molar-refractivity contribution < 1.29 is 0 Å². The van der Waals surface area contributed by atoms with Crippen molar-refractivity contribution in [1.29, 1.82) is 0 Å². The Labute approximate surface area is 171 Å². The van der Waals surface area contributed by atoms with Crippen LogP contribution in [0.25, 0.3) is 5.57 Å². The molecule has 0 bridgehead atoms. The molecule has 3 rings (SSSR count). The SMILES string of the molecule is C/C=C\C(C)=C/CC1=C/C(C)C2=C(CC=CC=C2)c2ccccc2C(C)/C=C\1. The summed E-state index contributed by atoms with van der Waals surface area (Å²) in [6.45, 7) is 8.88. The molecule has 0 fully saturated rings. The van der Waals surface area contributed by atoms with E-state index in [1.807, 2.05) is 0 Å². The maximum Gasteiger partial charge on any atom is -0.000118 e. The zero-order valence-corrected chi connectivity index (χ0v) is 17.7. The first-order chi connectivity index (χ1) is 13.6. The Balaban J connectivity index is 2.11. The van der Waals surface area contributed by atoms with Crippen molar-refractivity contribution in [3.8, 4) is 0 Å². The molecule has 0 spiro atoms. The van der Waals surface area contributed by atoms with Gasteiger partial charge in [0, 0.05) is 0 Å². The average Bonchev–Trinajstić information content (AvgIpc) is 2.95. The molecular formula is C28H32. The van der Waals surface area contributed by atoms with Crippen LogP contribution in [0.15, 0.2) is 102 Å². The van der Waals surface area contributed by atoms with Gasteiger partial charge in [-0.25, -0.2) is 0 Å². The first-order valence-corrected chi connectivity index (χ1v) is 10.4. The summed E-state index contributed by atoms with van der Waals surface area (Å²) in [5, 5.41) is 0. The minimum absolute atomic E-state index is 0.377. The van der Waals surface area contributed by atoms with E-state index >= 15 is 0 Å². The molecule has 0 saturated heterocycles. The van der Waals surface area contributed by atoms with Crippen molar-refractivity contribution in [3.63, 3.8) is 0 Å². The van der Waals surface area contributed by atoms with Gasteiger partial charge in [-0.3, -0.25) is 0 Å². The van der Waals surface area contributed by atoms with Crippen LogP contribution in [0, 0.1) is 5.92 Å². The van der Waals surface area contributed by atoms with Gasteiger partial charge in [0.15, 0.2) is 0 Å². The lowest BCUT2D eigenvalue weighted by Crippen LogP contribution is -2.04. The second-order valence-electron chi connectivity index (χ2n) is 7.84. The topological polar surface area (TPSA) is 0 Å². The minimum atomic E-state index is 0.377. The molecule has 2 aliphatic rings. The van der Waals surface area contributed by atoms with Crippen LogP contribution in [0.5, 0.6) is 0 Å². The Hall–Kier alpha value is -2.60. The number of benzene rings is 1. The quantitative estimate of drug-likeness (QED) is 0.473. The van der Waals surface area contributed by atoms with Gasteiger partial charge in [-0.2, -0.15) is 0 Å². The normalized spacial score (nSPS) is 25.7. The van der Waals surface area contributed by atoms with E-state index in [0.29, 0.717) is 11.8 Å². The molecule has 0 aromatic heterocycles. The van der Waals surface area contributed by atoms with Crippen molar-refractivity contribution >= 4 is 5.57 Å². The Morgan fingerprint density at radius 1 is 1.07 bits per heavy atom. The molecule has 28 heavy (non-hydrogen) atoms. The van der Waals surface area contributed by atoms with Crippen LogP contribution in [-0.4, -0.2) is 0 Å². The number of fused-ring (bicyclic) bond motifs is 2. The molecule has 2 atom stereocenters. The summed E-state index contributed by atoms with van der Waals surface area (Å²) in [5.74, 6) is 0.765. The molecule has 0 amide bonds. The van der Waals surface area contributed by atoms with E-state index in [9.17, 15) is 0 Å². The highest BCUT2D eigenvalue weighted by Crippen LogP contribution is 2.36. The maximum atomic E-state index is 2.45. The molecule has 144 valence electrons. The summed E-state index contributed by atoms with van der Waals surface area (Å²) in [6, 6.07) is 8.93. The first-order valence-electron chi connectivity index (χ1n) is 10.4. The van der Waals surface area contributed by atoms with Gasteiger partial charge < -0.3 is 0 Å². The zero-order valence-electron chi connectivity index (χ0n) is 17.7. The van der Waals surface area contributed by atoms with Crippen molar-refractivity contribution in [2.45, 2.75) is 46.5 Å². The molecular weight excluding hydrogens is 336 g/mol. The number of hydrogen-bond acceptors (Lipinski definition) is 0. The van der Waals surface area contributed by atoms with Crippen LogP contribution < -0.4 is 0 Å². The van der Waals surface area contributed by atoms with E-state index in [1.165, 1.54) is 33.4 Å². The number of allylic oxidation sites excluding steroid dienone is 14. The fourth-order valence-electron chi connectivity index (χ4n) is 4.09. The lowest BCUT2D eigenvalue weighted by molar-refractivity contribution is 0.870. The van der Waals surface area contributed by atoms with E-state index in [4.69, 9.17) is 0 Å². The van der Waals surface area contributed by atoms with Gasteiger partial charge in [-0.05, 0) is 66.4 Å². The summed E-state index contributed by atoms with van der Waals surface area (Å²) in [4.78, 5) is 0. The summed E-state index contributed by atoms with van der Waals surface area (Å²) in [6.07, 6.45) is 24.7. The van der Waals surface area contributed by atoms with E-state index in [-0.39, 0.29) is 0 Å². The highest BCUT2D eigenvalue weighted by molar-refractivity contribution is 5.76. The molecule has 0 nitrogen and oxygen atoms in total. The van der Waals surface area contributed by atoms with Gasteiger partial charge in [-0.1, -0.05) is 104 Å². The van der Waals surface area contributed by atoms with E-state index in [2.05, 4.69) is 113 Å². The van der Waals surface area contributed by atoms with Crippen molar-refractivity contribution in [2.75, 3.05) is 0 Å². The number of hydrogen-bond donors (Lipinski definition) is 0. The monoisotopic (exact) mass is 368 g/mol. The van der Waals surface area contributed by atoms with E-state index < -0.39 is 0 Å². The van der Waals surface area contributed by atoms with Crippen molar-refractivity contribution in [1.82, 2.24) is 0 Å². The van der Waals surface area contributed by atoms with Crippen LogP contribution in [0.1, 0.15) is 57.6 Å². The van der Waals surface area contributed by atoms with Gasteiger partial charge in [0.1, 0.15) is 0 Å². The standard InChI is InChI=1S/C28H32/c1-5-11-21(2)16-18-24-19-17-22(3)25-13-9-10-15-27(25)28-14-8-6-7-12-26(28)23(4)20-24/h5-13,15-17,19-20,22-23H,14,18H2,1-4H3/b11-5-,19-17-,21-16-,24-20-. The predicted octanol–water partition coefficient (Wildman–Crippen LogP) is 8.10. The highest BCUT2D eigenvalue weighted by atomic mass is 14.2. The predicted molar refractivity (Wildman–Crippen MR) is 124 cm³/mol. The summed E-state index contributed by atoms with van der Waals surface area (Å²) < 4.78 is 0. The van der Waals surface area contributed by atoms with Crippen LogP contribution >= 0.6 is 0 Å². The molecule has 1 aromatic rings. The molecule has 0 saturated carbocycles. The highest BCUT2D eigenvalue weighted by Gasteiger charge is 2.18. The summed E-state index contributed by atoms with van der Waals surface area (Å²) in [5.41, 5.74) is 8.43. The van der Waals surface area contributed by atoms with Crippen LogP contribution in [0.4, 0.5) is 0 Å². The molecule has 0 heterocycles. The Bertz CT molecular complexity index is 909. The molecule has 0 aliphatic heterocycles. The fourth-order valence-corrected chi connectivity index (χ4v) is 4.09. The zero-order chi connectivity index (χ0) is 19.9. The minimum Gasteiger partial charge on any atom is -0.0874 e. The smallest absolute Gasteiger partial charge is 0.000118 e. The van der Waals surface area contributed by atoms with Gasteiger partial charge in [0.25, 0.3) is 0 Å². The molecule has 2 aliphatic carbocycles. The third kappa shape index (κ3) is 4.81. The lowest BCUT2D eigenvalue weighted by Gasteiger charge is -2.22. The largest absolute Gasteiger partial charge is 0.0874 e. The molecule has 0 N–H and O–H groups in total. The molecule has 0 radical (unpaired) electrons.